The van der Waals surface area contributed by atoms with E-state index in [-0.39, 0.29) is 17.3 Å². The second-order valence-corrected chi connectivity index (χ2v) is 5.73. The van der Waals surface area contributed by atoms with Crippen molar-refractivity contribution in [2.45, 2.75) is 18.8 Å². The first-order valence-corrected chi connectivity index (χ1v) is 7.00. The number of rotatable bonds is 2. The summed E-state index contributed by atoms with van der Waals surface area (Å²) in [6, 6.07) is 5.09. The number of carboxylic acids is 1. The van der Waals surface area contributed by atoms with E-state index >= 15 is 0 Å². The van der Waals surface area contributed by atoms with Crippen molar-refractivity contribution in [2.75, 3.05) is 0 Å². The summed E-state index contributed by atoms with van der Waals surface area (Å²) in [5.74, 6) is -1.38. The minimum atomic E-state index is -1.32. The number of hydrogen-bond acceptors (Lipinski definition) is 4. The number of aromatic carboxylic acids is 1. The van der Waals surface area contributed by atoms with Gasteiger partial charge >= 0.3 is 5.97 Å². The maximum absolute atomic E-state index is 12.2. The molecule has 20 heavy (non-hydrogen) atoms. The van der Waals surface area contributed by atoms with Crippen LogP contribution in [0.2, 0.25) is 0 Å². The van der Waals surface area contributed by atoms with E-state index in [1.54, 1.807) is 11.3 Å². The maximum atomic E-state index is 12.2. The van der Waals surface area contributed by atoms with E-state index < -0.39 is 11.5 Å². The normalized spacial score (nSPS) is 17.8. The Hall–Kier alpha value is -2.21. The smallest absolute Gasteiger partial charge is 0.341 e. The molecule has 1 atom stereocenters. The minimum absolute atomic E-state index is 0.0568. The van der Waals surface area contributed by atoms with E-state index in [1.807, 2.05) is 17.5 Å². The van der Waals surface area contributed by atoms with Crippen LogP contribution in [0.5, 0.6) is 0 Å². The van der Waals surface area contributed by atoms with Gasteiger partial charge in [0.2, 0.25) is 0 Å². The summed E-state index contributed by atoms with van der Waals surface area (Å²) in [4.78, 5) is 38.4. The summed E-state index contributed by atoms with van der Waals surface area (Å²) in [5, 5.41) is 10.9. The third kappa shape index (κ3) is 2.08. The van der Waals surface area contributed by atoms with Crippen molar-refractivity contribution in [1.29, 1.82) is 0 Å². The third-order valence-corrected chi connectivity index (χ3v) is 4.52. The number of ketones is 1. The molecule has 0 radical (unpaired) electrons. The summed E-state index contributed by atoms with van der Waals surface area (Å²) in [6.07, 6.45) is 0.898. The maximum Gasteiger partial charge on any atom is 0.341 e. The summed E-state index contributed by atoms with van der Waals surface area (Å²) in [7, 11) is 0. The molecule has 0 aromatic carbocycles. The predicted molar refractivity (Wildman–Crippen MR) is 73.7 cm³/mol. The van der Waals surface area contributed by atoms with Gasteiger partial charge in [0.25, 0.3) is 5.56 Å². The first-order chi connectivity index (χ1) is 9.56. The van der Waals surface area contributed by atoms with Gasteiger partial charge in [-0.2, -0.15) is 0 Å². The summed E-state index contributed by atoms with van der Waals surface area (Å²) in [5.41, 5.74) is -0.174. The first-order valence-electron chi connectivity index (χ1n) is 6.12. The fourth-order valence-electron chi connectivity index (χ4n) is 2.51. The van der Waals surface area contributed by atoms with Gasteiger partial charge in [-0.25, -0.2) is 4.79 Å². The zero-order valence-corrected chi connectivity index (χ0v) is 11.2. The Labute approximate surface area is 117 Å². The van der Waals surface area contributed by atoms with Crippen LogP contribution in [0.25, 0.3) is 0 Å². The fourth-order valence-corrected chi connectivity index (χ4v) is 3.34. The number of Topliss-reactive ketones (excluding diaryl/α,β-unsaturated/α-hetero) is 1. The molecule has 0 unspecified atom stereocenters. The number of carbonyl (C=O) groups is 2. The Morgan fingerprint density at radius 2 is 2.15 bits per heavy atom. The molecule has 2 aromatic heterocycles. The zero-order chi connectivity index (χ0) is 14.3. The van der Waals surface area contributed by atoms with Crippen molar-refractivity contribution in [3.05, 3.63) is 55.6 Å². The molecule has 5 nitrogen and oxygen atoms in total. The SMILES string of the molecule is O=C1C[C@@H](c2cccs2)Cc2[nH]c(=O)c(C(=O)O)cc21. The lowest BCUT2D eigenvalue weighted by Gasteiger charge is -2.22. The second-order valence-electron chi connectivity index (χ2n) is 4.75. The molecule has 0 saturated heterocycles. The molecule has 2 N–H and O–H groups in total. The largest absolute Gasteiger partial charge is 0.477 e. The number of fused-ring (bicyclic) bond motifs is 1. The van der Waals surface area contributed by atoms with Crippen molar-refractivity contribution in [2.24, 2.45) is 0 Å². The van der Waals surface area contributed by atoms with Crippen LogP contribution in [-0.4, -0.2) is 21.8 Å². The second kappa shape index (κ2) is 4.72. The quantitative estimate of drug-likeness (QED) is 0.885. The number of hydrogen-bond donors (Lipinski definition) is 2. The number of aromatic nitrogens is 1. The van der Waals surface area contributed by atoms with Crippen LogP contribution in [0.4, 0.5) is 0 Å². The highest BCUT2D eigenvalue weighted by Gasteiger charge is 2.29. The molecule has 0 aliphatic heterocycles. The Balaban J connectivity index is 2.05. The number of carboxylic acid groups (broad SMARTS) is 1. The van der Waals surface area contributed by atoms with Gasteiger partial charge < -0.3 is 10.1 Å². The highest BCUT2D eigenvalue weighted by Crippen LogP contribution is 2.33. The summed E-state index contributed by atoms with van der Waals surface area (Å²) in [6.45, 7) is 0. The van der Waals surface area contributed by atoms with E-state index in [4.69, 9.17) is 5.11 Å². The molecule has 102 valence electrons. The Morgan fingerprint density at radius 1 is 1.35 bits per heavy atom. The first kappa shape index (κ1) is 12.8. The Morgan fingerprint density at radius 3 is 2.80 bits per heavy atom. The van der Waals surface area contributed by atoms with Crippen LogP contribution < -0.4 is 5.56 Å². The van der Waals surface area contributed by atoms with Crippen molar-refractivity contribution in [1.82, 2.24) is 4.98 Å². The van der Waals surface area contributed by atoms with Crippen LogP contribution in [0, 0.1) is 0 Å². The van der Waals surface area contributed by atoms with Crippen molar-refractivity contribution in [3.8, 4) is 0 Å². The van der Waals surface area contributed by atoms with Crippen molar-refractivity contribution >= 4 is 23.1 Å². The monoisotopic (exact) mass is 289 g/mol. The molecule has 0 bridgehead atoms. The molecule has 2 aromatic rings. The van der Waals surface area contributed by atoms with Crippen LogP contribution in [0.1, 0.15) is 43.6 Å². The zero-order valence-electron chi connectivity index (χ0n) is 10.4. The molecule has 2 heterocycles. The molecule has 0 fully saturated rings. The van der Waals surface area contributed by atoms with Gasteiger partial charge in [0.15, 0.2) is 5.78 Å². The van der Waals surface area contributed by atoms with Crippen LogP contribution in [0.15, 0.2) is 28.4 Å². The fraction of sp³-hybridized carbons (Fsp3) is 0.214. The topological polar surface area (TPSA) is 87.2 Å². The molecular formula is C14H11NO4S. The van der Waals surface area contributed by atoms with Crippen molar-refractivity contribution < 1.29 is 14.7 Å². The lowest BCUT2D eigenvalue weighted by atomic mass is 9.84. The van der Waals surface area contributed by atoms with E-state index in [0.29, 0.717) is 24.1 Å². The standard InChI is InChI=1S/C14H11NO4S/c16-11-5-7(12-2-1-3-20-12)4-10-8(11)6-9(14(18)19)13(17)15-10/h1-3,6-7H,4-5H2,(H,15,17)(H,18,19)/t7-/m0/s1. The minimum Gasteiger partial charge on any atom is -0.477 e. The number of nitrogens with one attached hydrogen (secondary N) is 1. The van der Waals surface area contributed by atoms with Crippen molar-refractivity contribution in [3.63, 3.8) is 0 Å². The highest BCUT2D eigenvalue weighted by atomic mass is 32.1. The number of H-pyrrole nitrogens is 1. The molecule has 1 aliphatic carbocycles. The van der Waals surface area contributed by atoms with Gasteiger partial charge in [-0.3, -0.25) is 9.59 Å². The molecule has 0 amide bonds. The summed E-state index contributed by atoms with van der Waals surface area (Å²) < 4.78 is 0. The molecule has 0 spiro atoms. The van der Waals surface area contributed by atoms with Crippen LogP contribution >= 0.6 is 11.3 Å². The third-order valence-electron chi connectivity index (χ3n) is 3.48. The van der Waals surface area contributed by atoms with E-state index in [1.165, 1.54) is 6.07 Å². The average molecular weight is 289 g/mol. The van der Waals surface area contributed by atoms with Gasteiger partial charge in [-0.15, -0.1) is 11.3 Å². The Bertz CT molecular complexity index is 745. The van der Waals surface area contributed by atoms with E-state index in [9.17, 15) is 14.4 Å². The van der Waals surface area contributed by atoms with E-state index in [0.717, 1.165) is 4.88 Å². The molecule has 0 saturated carbocycles. The number of aromatic amines is 1. The summed E-state index contributed by atoms with van der Waals surface area (Å²) >= 11 is 1.58. The number of thiophene rings is 1. The highest BCUT2D eigenvalue weighted by molar-refractivity contribution is 7.10. The molecule has 6 heteroatoms. The van der Waals surface area contributed by atoms with Gasteiger partial charge in [0, 0.05) is 28.5 Å². The lowest BCUT2D eigenvalue weighted by molar-refractivity contribution is 0.0695. The van der Waals surface area contributed by atoms with Crippen LogP contribution in [-0.2, 0) is 6.42 Å². The van der Waals surface area contributed by atoms with Gasteiger partial charge in [-0.1, -0.05) is 6.07 Å². The van der Waals surface area contributed by atoms with Gasteiger partial charge in [0.05, 0.1) is 0 Å². The average Bonchev–Trinajstić information content (AvgIpc) is 2.91. The van der Waals surface area contributed by atoms with Crippen LogP contribution in [0.3, 0.4) is 0 Å². The lowest BCUT2D eigenvalue weighted by Crippen LogP contribution is -2.27. The Kier molecular flexibility index (Phi) is 3.02. The molecule has 3 rings (SSSR count). The molecule has 1 aliphatic rings. The van der Waals surface area contributed by atoms with E-state index in [2.05, 4.69) is 4.98 Å². The van der Waals surface area contributed by atoms with Gasteiger partial charge in [0.1, 0.15) is 5.56 Å². The predicted octanol–water partition coefficient (Wildman–Crippen LogP) is 2.05. The number of carbonyl (C=O) groups excluding carboxylic acids is 1. The molecular weight excluding hydrogens is 278 g/mol. The van der Waals surface area contributed by atoms with Gasteiger partial charge in [-0.05, 0) is 23.9 Å². The number of pyridine rings is 1.